The van der Waals surface area contributed by atoms with Crippen LogP contribution in [0.1, 0.15) is 49.1 Å². The van der Waals surface area contributed by atoms with Gasteiger partial charge in [0.15, 0.2) is 0 Å². The number of aryl methyl sites for hydroxylation is 1. The van der Waals surface area contributed by atoms with Gasteiger partial charge in [-0.15, -0.1) is 0 Å². The second kappa shape index (κ2) is 10.2. The van der Waals surface area contributed by atoms with Crippen LogP contribution in [0.25, 0.3) is 0 Å². The third-order valence-corrected chi connectivity index (χ3v) is 9.97. The minimum atomic E-state index is -3.82. The first-order valence-corrected chi connectivity index (χ1v) is 14.2. The fourth-order valence-corrected chi connectivity index (χ4v) is 7.59. The van der Waals surface area contributed by atoms with Crippen LogP contribution in [-0.4, -0.2) is 51.6 Å². The third kappa shape index (κ3) is 4.79. The summed E-state index contributed by atoms with van der Waals surface area (Å²) in [7, 11) is -0.264. The summed E-state index contributed by atoms with van der Waals surface area (Å²) < 4.78 is 37.3. The number of hydrogen-bond acceptors (Lipinski definition) is 6. The number of carbonyl (C=O) groups excluding carboxylic acids is 1. The molecule has 0 aromatic heterocycles. The van der Waals surface area contributed by atoms with Crippen LogP contribution in [0.15, 0.2) is 53.4 Å². The van der Waals surface area contributed by atoms with Gasteiger partial charge in [0.25, 0.3) is 10.1 Å². The molecule has 0 radical (unpaired) electrons. The third-order valence-electron chi connectivity index (χ3n) is 7.78. The molecule has 2 aromatic carbocycles. The number of esters is 1. The zero-order chi connectivity index (χ0) is 24.5. The quantitative estimate of drug-likeness (QED) is 0.187. The first-order valence-electron chi connectivity index (χ1n) is 11.7. The Bertz CT molecular complexity index is 1140. The summed E-state index contributed by atoms with van der Waals surface area (Å²) in [5.74, 6) is -0.428. The molecule has 2 aliphatic heterocycles. The first kappa shape index (κ1) is 25.6. The van der Waals surface area contributed by atoms with Crippen LogP contribution in [0.5, 0.6) is 0 Å². The van der Waals surface area contributed by atoms with E-state index in [4.69, 9.17) is 8.92 Å². The van der Waals surface area contributed by atoms with Gasteiger partial charge >= 0.3 is 5.97 Å². The standard InChI is InChI=1S/C26H32INO5S/c1-18-7-4-5-8-23(18)34(30,31)33-16-6-14-26-15-13-21(28(26)2)17-22(24(26)25(29)32-3)19-9-11-20(27)12-10-19/h4-5,7-12,21-22,24H,6,13-17H2,1-3H3/t21-,22+,24+,26+/m0/s1. The predicted octanol–water partition coefficient (Wildman–Crippen LogP) is 4.89. The lowest BCUT2D eigenvalue weighted by Crippen LogP contribution is -2.59. The van der Waals surface area contributed by atoms with E-state index in [-0.39, 0.29) is 34.8 Å². The van der Waals surface area contributed by atoms with Gasteiger partial charge in [-0.1, -0.05) is 30.3 Å². The average molecular weight is 598 g/mol. The number of hydrogen-bond donors (Lipinski definition) is 0. The van der Waals surface area contributed by atoms with E-state index in [1.807, 2.05) is 0 Å². The van der Waals surface area contributed by atoms with Crippen molar-refractivity contribution in [3.05, 3.63) is 63.2 Å². The molecule has 0 N–H and O–H groups in total. The summed E-state index contributed by atoms with van der Waals surface area (Å²) in [4.78, 5) is 15.8. The molecule has 2 aliphatic rings. The highest BCUT2D eigenvalue weighted by molar-refractivity contribution is 14.1. The Balaban J connectivity index is 1.54. The summed E-state index contributed by atoms with van der Waals surface area (Å²) in [5, 5.41) is 0. The van der Waals surface area contributed by atoms with Crippen LogP contribution in [0.3, 0.4) is 0 Å². The molecule has 2 saturated heterocycles. The number of halogens is 1. The summed E-state index contributed by atoms with van der Waals surface area (Å²) >= 11 is 2.29. The number of piperidine rings is 1. The molecule has 0 unspecified atom stereocenters. The Morgan fingerprint density at radius 2 is 1.88 bits per heavy atom. The second-order valence-corrected chi connectivity index (χ2v) is 12.3. The van der Waals surface area contributed by atoms with Crippen molar-refractivity contribution in [3.63, 3.8) is 0 Å². The van der Waals surface area contributed by atoms with Crippen LogP contribution in [-0.2, 0) is 23.8 Å². The first-order chi connectivity index (χ1) is 16.2. The zero-order valence-electron chi connectivity index (χ0n) is 19.9. The SMILES string of the molecule is COC(=O)[C@H]1[C@@H](c2ccc(I)cc2)C[C@@H]2CC[C@@]1(CCCOS(=O)(=O)c1ccccc1C)N2C. The molecule has 0 amide bonds. The van der Waals surface area contributed by atoms with Crippen molar-refractivity contribution in [1.82, 2.24) is 4.90 Å². The smallest absolute Gasteiger partial charge is 0.311 e. The number of carbonyl (C=O) groups is 1. The van der Waals surface area contributed by atoms with Gasteiger partial charge in [-0.2, -0.15) is 8.42 Å². The molecule has 2 bridgehead atoms. The molecular weight excluding hydrogens is 565 g/mol. The number of rotatable bonds is 8. The lowest BCUT2D eigenvalue weighted by atomic mass is 9.67. The lowest BCUT2D eigenvalue weighted by molar-refractivity contribution is -0.155. The second-order valence-electron chi connectivity index (χ2n) is 9.45. The van der Waals surface area contributed by atoms with E-state index in [0.29, 0.717) is 24.4 Å². The van der Waals surface area contributed by atoms with Crippen LogP contribution in [0, 0.1) is 16.4 Å². The normalized spacial score (nSPS) is 27.0. The van der Waals surface area contributed by atoms with E-state index in [1.165, 1.54) is 12.7 Å². The molecule has 2 aromatic rings. The van der Waals surface area contributed by atoms with E-state index in [1.54, 1.807) is 31.2 Å². The van der Waals surface area contributed by atoms with Crippen molar-refractivity contribution in [2.24, 2.45) is 5.92 Å². The minimum Gasteiger partial charge on any atom is -0.469 e. The maximum absolute atomic E-state index is 13.2. The Hall–Kier alpha value is -1.49. The van der Waals surface area contributed by atoms with Crippen LogP contribution in [0.4, 0.5) is 0 Å². The maximum Gasteiger partial charge on any atom is 0.311 e. The highest BCUT2D eigenvalue weighted by Crippen LogP contribution is 2.55. The van der Waals surface area contributed by atoms with E-state index >= 15 is 0 Å². The van der Waals surface area contributed by atoms with Crippen LogP contribution in [0.2, 0.25) is 0 Å². The molecule has 4 atom stereocenters. The molecule has 0 aliphatic carbocycles. The van der Waals surface area contributed by atoms with Gasteiger partial charge in [-0.05, 0) is 98.0 Å². The molecule has 2 heterocycles. The Morgan fingerprint density at radius 3 is 2.56 bits per heavy atom. The molecule has 2 fully saturated rings. The summed E-state index contributed by atoms with van der Waals surface area (Å²) in [6, 6.07) is 15.6. The Morgan fingerprint density at radius 1 is 1.18 bits per heavy atom. The molecule has 34 heavy (non-hydrogen) atoms. The Labute approximate surface area is 216 Å². The number of ether oxygens (including phenoxy) is 1. The van der Waals surface area contributed by atoms with Gasteiger partial charge in [0, 0.05) is 21.1 Å². The van der Waals surface area contributed by atoms with Crippen LogP contribution < -0.4 is 0 Å². The summed E-state index contributed by atoms with van der Waals surface area (Å²) in [6.45, 7) is 1.84. The van der Waals surface area contributed by atoms with Gasteiger partial charge in [0.2, 0.25) is 0 Å². The number of methoxy groups -OCH3 is 1. The maximum atomic E-state index is 13.2. The number of benzene rings is 2. The fraction of sp³-hybridized carbons (Fsp3) is 0.500. The van der Waals surface area contributed by atoms with Crippen molar-refractivity contribution < 1.29 is 22.1 Å². The molecule has 184 valence electrons. The highest BCUT2D eigenvalue weighted by Gasteiger charge is 2.59. The van der Waals surface area contributed by atoms with Crippen molar-refractivity contribution in [2.75, 3.05) is 20.8 Å². The van der Waals surface area contributed by atoms with Gasteiger partial charge in [-0.25, -0.2) is 0 Å². The number of nitrogens with zero attached hydrogens (tertiary/aromatic N) is 1. The molecule has 0 saturated carbocycles. The van der Waals surface area contributed by atoms with Crippen molar-refractivity contribution in [2.45, 2.75) is 61.4 Å². The van der Waals surface area contributed by atoms with Gasteiger partial charge < -0.3 is 4.74 Å². The van der Waals surface area contributed by atoms with Gasteiger partial charge in [0.1, 0.15) is 0 Å². The van der Waals surface area contributed by atoms with Crippen molar-refractivity contribution in [1.29, 1.82) is 0 Å². The highest BCUT2D eigenvalue weighted by atomic mass is 127. The predicted molar refractivity (Wildman–Crippen MR) is 139 cm³/mol. The lowest BCUT2D eigenvalue weighted by Gasteiger charge is -2.51. The minimum absolute atomic E-state index is 0.0739. The van der Waals surface area contributed by atoms with E-state index in [0.717, 1.165) is 22.8 Å². The molecule has 6 nitrogen and oxygen atoms in total. The monoisotopic (exact) mass is 597 g/mol. The summed E-state index contributed by atoms with van der Waals surface area (Å²) in [5.41, 5.74) is 1.45. The topological polar surface area (TPSA) is 72.9 Å². The van der Waals surface area contributed by atoms with E-state index in [9.17, 15) is 13.2 Å². The van der Waals surface area contributed by atoms with E-state index < -0.39 is 10.1 Å². The molecule has 0 spiro atoms. The largest absolute Gasteiger partial charge is 0.469 e. The molecular formula is C26H32INO5S. The van der Waals surface area contributed by atoms with Crippen LogP contribution >= 0.6 is 22.6 Å². The summed E-state index contributed by atoms with van der Waals surface area (Å²) in [6.07, 6.45) is 4.03. The zero-order valence-corrected chi connectivity index (χ0v) is 22.8. The fourth-order valence-electron chi connectivity index (χ4n) is 6.06. The number of fused-ring (bicyclic) bond motifs is 2. The Kier molecular flexibility index (Phi) is 7.71. The van der Waals surface area contributed by atoms with Gasteiger partial charge in [0.05, 0.1) is 24.5 Å². The molecule has 4 rings (SSSR count). The van der Waals surface area contributed by atoms with E-state index in [2.05, 4.69) is 58.8 Å². The van der Waals surface area contributed by atoms with Crippen molar-refractivity contribution >= 4 is 38.7 Å². The van der Waals surface area contributed by atoms with Gasteiger partial charge in [-0.3, -0.25) is 13.9 Å². The molecule has 8 heteroatoms. The average Bonchev–Trinajstić information content (AvgIpc) is 3.01. The van der Waals surface area contributed by atoms with Crippen molar-refractivity contribution in [3.8, 4) is 0 Å².